The van der Waals surface area contributed by atoms with E-state index in [1.807, 2.05) is 19.9 Å². The molecule has 1 aromatic heterocycles. The van der Waals surface area contributed by atoms with Gasteiger partial charge in [0.2, 0.25) is 5.88 Å². The highest BCUT2D eigenvalue weighted by Gasteiger charge is 2.50. The monoisotopic (exact) mass is 762 g/mol. The Hall–Kier alpha value is -3.53. The van der Waals surface area contributed by atoms with Gasteiger partial charge in [0.05, 0.1) is 38.2 Å². The Morgan fingerprint density at radius 1 is 1.08 bits per heavy atom. The lowest BCUT2D eigenvalue weighted by atomic mass is 9.96. The van der Waals surface area contributed by atoms with Gasteiger partial charge in [0.1, 0.15) is 18.1 Å². The molecule has 10 nitrogen and oxygen atoms in total. The fourth-order valence-electron chi connectivity index (χ4n) is 6.47. The van der Waals surface area contributed by atoms with Gasteiger partial charge in [-0.3, -0.25) is 14.7 Å². The van der Waals surface area contributed by atoms with Crippen molar-refractivity contribution in [2.24, 2.45) is 4.99 Å². The van der Waals surface area contributed by atoms with Gasteiger partial charge in [-0.05, 0) is 63.3 Å². The molecule has 1 unspecified atom stereocenters. The Morgan fingerprint density at radius 2 is 1.77 bits per heavy atom. The van der Waals surface area contributed by atoms with Crippen LogP contribution in [0.5, 0.6) is 0 Å². The molecule has 2 aliphatic rings. The van der Waals surface area contributed by atoms with E-state index in [4.69, 9.17) is 14.0 Å². The molecule has 284 valence electrons. The number of aliphatic imine (C=N–C) groups is 1. The molecule has 1 aliphatic carbocycles. The number of aromatic nitrogens is 1. The second kappa shape index (κ2) is 15.4. The number of hydrogen-bond donors (Lipinski definition) is 0. The second-order valence-electron chi connectivity index (χ2n) is 14.8. The molecule has 2 heterocycles. The molecule has 1 spiro atoms. The standard InChI is InChI=1S/C37H49F3N4O6SSi/c1-8-48-23-29-21-28(22-43-33(17-20-37(38,39)40)41-36(35(43)45)18-11-12-19-36)15-16-30(29)31-13-9-10-14-32(31)51(46,47)44(24-49-27(4)52(5,6)7)34-25(2)26(3)42-50-34/h9-10,13-16,21,27H,8,11-12,17-20,22-24H2,1-7H3. The summed E-state index contributed by atoms with van der Waals surface area (Å²) in [6.07, 6.45) is -3.22. The van der Waals surface area contributed by atoms with E-state index in [9.17, 15) is 26.4 Å². The first-order valence-corrected chi connectivity index (χ1v) is 22.7. The fourth-order valence-corrected chi connectivity index (χ4v) is 8.58. The smallest absolute Gasteiger partial charge is 0.377 e. The molecule has 15 heteroatoms. The van der Waals surface area contributed by atoms with Crippen molar-refractivity contribution in [1.82, 2.24) is 10.1 Å². The number of hydrogen-bond acceptors (Lipinski definition) is 8. The van der Waals surface area contributed by atoms with Crippen molar-refractivity contribution < 1.29 is 40.4 Å². The van der Waals surface area contributed by atoms with Crippen LogP contribution >= 0.6 is 0 Å². The highest BCUT2D eigenvalue weighted by atomic mass is 32.2. The van der Waals surface area contributed by atoms with E-state index < -0.39 is 36.2 Å². The highest BCUT2D eigenvalue weighted by Crippen LogP contribution is 2.41. The molecule has 1 aliphatic heterocycles. The van der Waals surface area contributed by atoms with Gasteiger partial charge in [-0.2, -0.15) is 13.2 Å². The number of alkyl halides is 3. The average molecular weight is 763 g/mol. The number of rotatable bonds is 15. The minimum absolute atomic E-state index is 0.0117. The number of anilines is 1. The summed E-state index contributed by atoms with van der Waals surface area (Å²) in [6.45, 7) is 13.9. The van der Waals surface area contributed by atoms with Crippen LogP contribution in [0.25, 0.3) is 11.1 Å². The van der Waals surface area contributed by atoms with Crippen molar-refractivity contribution in [3.63, 3.8) is 0 Å². The van der Waals surface area contributed by atoms with Crippen LogP contribution < -0.4 is 4.31 Å². The van der Waals surface area contributed by atoms with Gasteiger partial charge in [-0.1, -0.05) is 74.0 Å². The van der Waals surface area contributed by atoms with Crippen LogP contribution in [0.3, 0.4) is 0 Å². The van der Waals surface area contributed by atoms with Crippen LogP contribution in [-0.2, 0) is 37.4 Å². The van der Waals surface area contributed by atoms with E-state index in [-0.39, 0.29) is 54.6 Å². The number of halogens is 3. The zero-order valence-electron chi connectivity index (χ0n) is 31.0. The third-order valence-electron chi connectivity index (χ3n) is 10.1. The summed E-state index contributed by atoms with van der Waals surface area (Å²) in [4.78, 5) is 19.8. The van der Waals surface area contributed by atoms with Gasteiger partial charge >= 0.3 is 6.18 Å². The summed E-state index contributed by atoms with van der Waals surface area (Å²) in [5.41, 5.74) is 2.27. The van der Waals surface area contributed by atoms with E-state index in [0.29, 0.717) is 53.0 Å². The maximum absolute atomic E-state index is 14.7. The maximum Gasteiger partial charge on any atom is 0.389 e. The molecule has 0 saturated heterocycles. The number of carbonyl (C=O) groups is 1. The van der Waals surface area contributed by atoms with E-state index in [1.165, 1.54) is 11.0 Å². The SMILES string of the molecule is CCOCc1cc(CN2C(=O)C3(CCCC3)N=C2CCC(F)(F)F)ccc1-c1ccccc1S(=O)(=O)N(COC(C)[Si](C)(C)C)c1onc(C)c1C. The summed E-state index contributed by atoms with van der Waals surface area (Å²) in [5, 5.41) is 4.02. The molecular formula is C37H49F3N4O6SSi. The molecule has 5 rings (SSSR count). The molecule has 1 fully saturated rings. The fraction of sp³-hybridized carbons (Fsp3) is 0.541. The Labute approximate surface area is 305 Å². The van der Waals surface area contributed by atoms with Gasteiger partial charge < -0.3 is 14.0 Å². The minimum atomic E-state index is -4.39. The second-order valence-corrected chi connectivity index (χ2v) is 22.1. The highest BCUT2D eigenvalue weighted by molar-refractivity contribution is 7.93. The number of sulfonamides is 1. The molecule has 0 radical (unpaired) electrons. The van der Waals surface area contributed by atoms with Gasteiger partial charge in [-0.15, -0.1) is 0 Å². The third kappa shape index (κ3) is 8.47. The van der Waals surface area contributed by atoms with Gasteiger partial charge in [0.15, 0.2) is 0 Å². The van der Waals surface area contributed by atoms with Crippen LogP contribution in [-0.4, -0.2) is 69.1 Å². The van der Waals surface area contributed by atoms with E-state index in [0.717, 1.165) is 17.1 Å². The summed E-state index contributed by atoms with van der Waals surface area (Å²) in [5.74, 6) is -0.0455. The summed E-state index contributed by atoms with van der Waals surface area (Å²) < 4.78 is 88.0. The Morgan fingerprint density at radius 3 is 2.38 bits per heavy atom. The number of ether oxygens (including phenoxy) is 2. The quantitative estimate of drug-likeness (QED) is 0.113. The van der Waals surface area contributed by atoms with E-state index in [1.54, 1.807) is 44.2 Å². The van der Waals surface area contributed by atoms with Crippen molar-refractivity contribution in [2.45, 2.75) is 121 Å². The number of amides is 1. The van der Waals surface area contributed by atoms with Gasteiger partial charge in [-0.25, -0.2) is 12.7 Å². The van der Waals surface area contributed by atoms with Crippen LogP contribution in [0.1, 0.15) is 74.8 Å². The Kier molecular flexibility index (Phi) is 11.8. The van der Waals surface area contributed by atoms with Crippen molar-refractivity contribution in [3.05, 3.63) is 64.8 Å². The predicted molar refractivity (Wildman–Crippen MR) is 196 cm³/mol. The first kappa shape index (κ1) is 39.7. The number of nitrogens with zero attached hydrogens (tertiary/aromatic N) is 4. The molecule has 3 aromatic rings. The van der Waals surface area contributed by atoms with Crippen LogP contribution in [0, 0.1) is 13.8 Å². The molecule has 0 bridgehead atoms. The van der Waals surface area contributed by atoms with Crippen molar-refractivity contribution >= 4 is 35.7 Å². The van der Waals surface area contributed by atoms with Gasteiger partial charge in [0.25, 0.3) is 15.9 Å². The topological polar surface area (TPSA) is 115 Å². The molecule has 1 saturated carbocycles. The normalized spacial score (nSPS) is 16.9. The Balaban J connectivity index is 1.53. The zero-order chi connectivity index (χ0) is 38.1. The lowest BCUT2D eigenvalue weighted by molar-refractivity contribution is -0.135. The average Bonchev–Trinajstić information content (AvgIpc) is 3.76. The largest absolute Gasteiger partial charge is 0.389 e. The number of aryl methyl sites for hydroxylation is 1. The van der Waals surface area contributed by atoms with Crippen LogP contribution in [0.4, 0.5) is 19.1 Å². The minimum Gasteiger partial charge on any atom is -0.377 e. The lowest BCUT2D eigenvalue weighted by Gasteiger charge is -2.29. The van der Waals surface area contributed by atoms with Crippen LogP contribution in [0.15, 0.2) is 56.9 Å². The number of carbonyl (C=O) groups excluding carboxylic acids is 1. The molecule has 52 heavy (non-hydrogen) atoms. The third-order valence-corrected chi connectivity index (χ3v) is 14.5. The summed E-state index contributed by atoms with van der Waals surface area (Å²) >= 11 is 0. The first-order chi connectivity index (χ1) is 24.4. The summed E-state index contributed by atoms with van der Waals surface area (Å²) in [6, 6.07) is 12.0. The predicted octanol–water partition coefficient (Wildman–Crippen LogP) is 8.33. The molecule has 2 aromatic carbocycles. The lowest BCUT2D eigenvalue weighted by Crippen LogP contribution is -2.42. The molecule has 1 amide bonds. The summed E-state index contributed by atoms with van der Waals surface area (Å²) in [7, 11) is -6.10. The Bertz CT molecular complexity index is 1900. The van der Waals surface area contributed by atoms with Crippen LogP contribution in [0.2, 0.25) is 19.6 Å². The van der Waals surface area contributed by atoms with E-state index in [2.05, 4.69) is 29.8 Å². The molecule has 1 atom stereocenters. The molecular weight excluding hydrogens is 714 g/mol. The number of amidine groups is 1. The first-order valence-electron chi connectivity index (χ1n) is 17.7. The van der Waals surface area contributed by atoms with E-state index >= 15 is 0 Å². The van der Waals surface area contributed by atoms with Crippen molar-refractivity contribution in [1.29, 1.82) is 0 Å². The molecule has 0 N–H and O–H groups in total. The maximum atomic E-state index is 14.7. The van der Waals surface area contributed by atoms with Crippen molar-refractivity contribution in [3.8, 4) is 11.1 Å². The van der Waals surface area contributed by atoms with Gasteiger partial charge in [0, 0.05) is 29.9 Å². The number of benzene rings is 2. The zero-order valence-corrected chi connectivity index (χ0v) is 32.8. The van der Waals surface area contributed by atoms with Crippen molar-refractivity contribution in [2.75, 3.05) is 17.6 Å².